The van der Waals surface area contributed by atoms with Gasteiger partial charge in [0.05, 0.1) is 17.4 Å². The van der Waals surface area contributed by atoms with Crippen molar-refractivity contribution in [2.24, 2.45) is 0 Å². The zero-order chi connectivity index (χ0) is 14.1. The molecule has 5 nitrogen and oxygen atoms in total. The number of nitrogens with zero attached hydrogens (tertiary/aromatic N) is 2. The largest absolute Gasteiger partial charge is 0.397 e. The first-order valence-electron chi connectivity index (χ1n) is 6.41. The van der Waals surface area contributed by atoms with E-state index in [4.69, 9.17) is 11.0 Å². The number of benzene rings is 1. The molecule has 0 atom stereocenters. The number of carbonyl (C=O) groups is 1. The maximum atomic E-state index is 11.8. The van der Waals surface area contributed by atoms with E-state index in [1.807, 2.05) is 19.1 Å². The van der Waals surface area contributed by atoms with Crippen LogP contribution < -0.4 is 11.1 Å². The van der Waals surface area contributed by atoms with E-state index in [9.17, 15) is 4.79 Å². The molecule has 1 aromatic rings. The Morgan fingerprint density at radius 1 is 1.42 bits per heavy atom. The fraction of sp³-hybridized carbons (Fsp3) is 0.429. The van der Waals surface area contributed by atoms with E-state index < -0.39 is 0 Å². The van der Waals surface area contributed by atoms with E-state index in [0.29, 0.717) is 37.3 Å². The highest BCUT2D eigenvalue weighted by Gasteiger charge is 2.08. The van der Waals surface area contributed by atoms with Crippen LogP contribution in [-0.4, -0.2) is 30.4 Å². The molecule has 1 amide bonds. The monoisotopic (exact) mass is 260 g/mol. The molecule has 1 rings (SSSR count). The lowest BCUT2D eigenvalue weighted by Crippen LogP contribution is -2.28. The molecular weight excluding hydrogens is 240 g/mol. The van der Waals surface area contributed by atoms with Crippen LogP contribution in [0.1, 0.15) is 19.8 Å². The Kier molecular flexibility index (Phi) is 6.41. The quantitative estimate of drug-likeness (QED) is 0.733. The number of nitrogens with one attached hydrogen (secondary N) is 1. The van der Waals surface area contributed by atoms with Crippen LogP contribution in [0.15, 0.2) is 24.3 Å². The van der Waals surface area contributed by atoms with Gasteiger partial charge in [0.1, 0.15) is 0 Å². The number of hydrogen-bond acceptors (Lipinski definition) is 4. The van der Waals surface area contributed by atoms with Gasteiger partial charge in [-0.2, -0.15) is 5.26 Å². The van der Waals surface area contributed by atoms with Crippen molar-refractivity contribution < 1.29 is 4.79 Å². The van der Waals surface area contributed by atoms with E-state index in [1.54, 1.807) is 12.1 Å². The summed E-state index contributed by atoms with van der Waals surface area (Å²) in [6.07, 6.45) is 0.884. The van der Waals surface area contributed by atoms with Gasteiger partial charge in [0.15, 0.2) is 0 Å². The van der Waals surface area contributed by atoms with Crippen LogP contribution >= 0.6 is 0 Å². The molecule has 3 N–H and O–H groups in total. The third-order valence-corrected chi connectivity index (χ3v) is 2.88. The molecule has 0 radical (unpaired) electrons. The molecule has 0 spiro atoms. The SMILES string of the molecule is CCN(CCC#N)CCC(=O)Nc1ccccc1N. The van der Waals surface area contributed by atoms with Crippen molar-refractivity contribution in [2.45, 2.75) is 19.8 Å². The minimum atomic E-state index is -0.0618. The molecule has 102 valence electrons. The van der Waals surface area contributed by atoms with Crippen molar-refractivity contribution in [3.05, 3.63) is 24.3 Å². The van der Waals surface area contributed by atoms with E-state index in [2.05, 4.69) is 16.3 Å². The Balaban J connectivity index is 2.39. The lowest BCUT2D eigenvalue weighted by atomic mass is 10.2. The molecule has 0 fully saturated rings. The molecule has 0 aliphatic carbocycles. The van der Waals surface area contributed by atoms with Gasteiger partial charge in [0, 0.05) is 25.9 Å². The van der Waals surface area contributed by atoms with Gasteiger partial charge in [0.25, 0.3) is 0 Å². The summed E-state index contributed by atoms with van der Waals surface area (Å²) in [5, 5.41) is 11.3. The molecule has 0 aliphatic rings. The minimum absolute atomic E-state index is 0.0618. The third-order valence-electron chi connectivity index (χ3n) is 2.88. The van der Waals surface area contributed by atoms with Gasteiger partial charge in [0.2, 0.25) is 5.91 Å². The van der Waals surface area contributed by atoms with Crippen LogP contribution in [0.5, 0.6) is 0 Å². The van der Waals surface area contributed by atoms with Crippen molar-refractivity contribution >= 4 is 17.3 Å². The molecule has 0 unspecified atom stereocenters. The molecule has 0 saturated carbocycles. The second-order valence-corrected chi connectivity index (χ2v) is 4.23. The van der Waals surface area contributed by atoms with Gasteiger partial charge in [-0.15, -0.1) is 0 Å². The summed E-state index contributed by atoms with van der Waals surface area (Å²) in [4.78, 5) is 13.9. The first-order chi connectivity index (χ1) is 9.17. The molecule has 19 heavy (non-hydrogen) atoms. The summed E-state index contributed by atoms with van der Waals surface area (Å²) in [7, 11) is 0. The van der Waals surface area contributed by atoms with Gasteiger partial charge in [-0.3, -0.25) is 4.79 Å². The lowest BCUT2D eigenvalue weighted by molar-refractivity contribution is -0.116. The first-order valence-corrected chi connectivity index (χ1v) is 6.41. The normalized spacial score (nSPS) is 10.2. The van der Waals surface area contributed by atoms with Gasteiger partial charge in [-0.05, 0) is 18.7 Å². The van der Waals surface area contributed by atoms with Crippen LogP contribution in [-0.2, 0) is 4.79 Å². The van der Waals surface area contributed by atoms with Gasteiger partial charge in [-0.1, -0.05) is 19.1 Å². The zero-order valence-corrected chi connectivity index (χ0v) is 11.2. The standard InChI is InChI=1S/C14H20N4O/c1-2-18(10-5-9-15)11-8-14(19)17-13-7-4-3-6-12(13)16/h3-4,6-7H,2,5,8,10-11,16H2,1H3,(H,17,19). The maximum Gasteiger partial charge on any atom is 0.225 e. The van der Waals surface area contributed by atoms with Gasteiger partial charge in [-0.25, -0.2) is 0 Å². The lowest BCUT2D eigenvalue weighted by Gasteiger charge is -2.18. The average Bonchev–Trinajstić information content (AvgIpc) is 2.41. The predicted molar refractivity (Wildman–Crippen MR) is 76.4 cm³/mol. The number of amides is 1. The smallest absolute Gasteiger partial charge is 0.225 e. The summed E-state index contributed by atoms with van der Waals surface area (Å²) < 4.78 is 0. The molecule has 0 aliphatic heterocycles. The fourth-order valence-corrected chi connectivity index (χ4v) is 1.72. The van der Waals surface area contributed by atoms with Gasteiger partial charge >= 0.3 is 0 Å². The number of nitrogens with two attached hydrogens (primary N) is 1. The Morgan fingerprint density at radius 2 is 2.16 bits per heavy atom. The number of rotatable bonds is 7. The highest BCUT2D eigenvalue weighted by Crippen LogP contribution is 2.16. The number of carbonyl (C=O) groups excluding carboxylic acids is 1. The minimum Gasteiger partial charge on any atom is -0.397 e. The summed E-state index contributed by atoms with van der Waals surface area (Å²) in [5.74, 6) is -0.0618. The highest BCUT2D eigenvalue weighted by molar-refractivity contribution is 5.93. The number of hydrogen-bond donors (Lipinski definition) is 2. The Labute approximate surface area is 114 Å². The number of nitriles is 1. The van der Waals surface area contributed by atoms with Crippen molar-refractivity contribution in [1.29, 1.82) is 5.26 Å². The second-order valence-electron chi connectivity index (χ2n) is 4.23. The van der Waals surface area contributed by atoms with E-state index in [-0.39, 0.29) is 5.91 Å². The van der Waals surface area contributed by atoms with Gasteiger partial charge < -0.3 is 16.0 Å². The van der Waals surface area contributed by atoms with Crippen molar-refractivity contribution in [1.82, 2.24) is 4.90 Å². The summed E-state index contributed by atoms with van der Waals surface area (Å²) >= 11 is 0. The van der Waals surface area contributed by atoms with Crippen LogP contribution in [0.25, 0.3) is 0 Å². The molecule has 5 heteroatoms. The molecule has 0 heterocycles. The molecule has 1 aromatic carbocycles. The number of anilines is 2. The molecule has 0 saturated heterocycles. The van der Waals surface area contributed by atoms with Crippen LogP contribution in [0.2, 0.25) is 0 Å². The Hall–Kier alpha value is -2.06. The van der Waals surface area contributed by atoms with Crippen LogP contribution in [0.4, 0.5) is 11.4 Å². The van der Waals surface area contributed by atoms with E-state index in [1.165, 1.54) is 0 Å². The number of para-hydroxylation sites is 2. The Morgan fingerprint density at radius 3 is 2.79 bits per heavy atom. The van der Waals surface area contributed by atoms with Crippen molar-refractivity contribution in [3.63, 3.8) is 0 Å². The molecular formula is C14H20N4O. The summed E-state index contributed by atoms with van der Waals surface area (Å²) in [6, 6.07) is 9.29. The van der Waals surface area contributed by atoms with Crippen molar-refractivity contribution in [3.8, 4) is 6.07 Å². The first kappa shape index (κ1) is 15.0. The fourth-order valence-electron chi connectivity index (χ4n) is 1.72. The van der Waals surface area contributed by atoms with Crippen molar-refractivity contribution in [2.75, 3.05) is 30.7 Å². The molecule has 0 aromatic heterocycles. The Bertz CT molecular complexity index is 453. The molecule has 0 bridgehead atoms. The predicted octanol–water partition coefficient (Wildman–Crippen LogP) is 1.83. The summed E-state index contributed by atoms with van der Waals surface area (Å²) in [6.45, 7) is 4.21. The summed E-state index contributed by atoms with van der Waals surface area (Å²) in [5.41, 5.74) is 6.96. The number of nitrogen functional groups attached to an aromatic ring is 1. The van der Waals surface area contributed by atoms with Crippen LogP contribution in [0, 0.1) is 11.3 Å². The average molecular weight is 260 g/mol. The third kappa shape index (κ3) is 5.40. The maximum absolute atomic E-state index is 11.8. The highest BCUT2D eigenvalue weighted by atomic mass is 16.1. The topological polar surface area (TPSA) is 82.2 Å². The second kappa shape index (κ2) is 8.11. The van der Waals surface area contributed by atoms with E-state index in [0.717, 1.165) is 6.54 Å². The zero-order valence-electron chi connectivity index (χ0n) is 11.2. The van der Waals surface area contributed by atoms with Crippen LogP contribution in [0.3, 0.4) is 0 Å². The van der Waals surface area contributed by atoms with E-state index >= 15 is 0 Å².